The van der Waals surface area contributed by atoms with Gasteiger partial charge in [-0.1, -0.05) is 57.7 Å². The van der Waals surface area contributed by atoms with Crippen molar-refractivity contribution in [3.05, 3.63) is 65.9 Å². The Hall–Kier alpha value is -3.29. The van der Waals surface area contributed by atoms with Crippen molar-refractivity contribution in [2.45, 2.75) is 65.0 Å². The first-order valence-electron chi connectivity index (χ1n) is 12.2. The summed E-state index contributed by atoms with van der Waals surface area (Å²) in [5.41, 5.74) is 1.43. The third-order valence-corrected chi connectivity index (χ3v) is 5.49. The standard InChI is InChI=1S/C27H33F3N4O/c1-3-5-7-10-20-13-15-21(16-14-20)33-26-31-19-24(27(28,29)30)25(34-26)32-22-11-9-12-23(18-22)35-17-8-6-4-2/h9,11-16,18-19H,3-8,10,17H2,1-2H3,(H2,31,32,33,34). The molecule has 1 aromatic heterocycles. The quantitative estimate of drug-likeness (QED) is 0.238. The van der Waals surface area contributed by atoms with Gasteiger partial charge in [0.05, 0.1) is 6.61 Å². The van der Waals surface area contributed by atoms with Gasteiger partial charge in [0, 0.05) is 23.6 Å². The number of alkyl halides is 3. The summed E-state index contributed by atoms with van der Waals surface area (Å²) in [5.74, 6) is 0.339. The van der Waals surface area contributed by atoms with Crippen LogP contribution in [-0.2, 0) is 12.6 Å². The summed E-state index contributed by atoms with van der Waals surface area (Å²) in [6.45, 7) is 4.83. The highest BCUT2D eigenvalue weighted by atomic mass is 19.4. The average molecular weight is 487 g/mol. The highest BCUT2D eigenvalue weighted by molar-refractivity contribution is 5.64. The Morgan fingerprint density at radius 1 is 0.857 bits per heavy atom. The van der Waals surface area contributed by atoms with E-state index in [4.69, 9.17) is 4.74 Å². The molecule has 188 valence electrons. The summed E-state index contributed by atoms with van der Waals surface area (Å²) in [6.07, 6.45) is 3.74. The molecule has 3 aromatic rings. The smallest absolute Gasteiger partial charge is 0.421 e. The van der Waals surface area contributed by atoms with Crippen molar-refractivity contribution in [3.8, 4) is 5.75 Å². The fourth-order valence-electron chi connectivity index (χ4n) is 3.55. The van der Waals surface area contributed by atoms with Crippen LogP contribution < -0.4 is 15.4 Å². The molecule has 0 aliphatic carbocycles. The molecule has 0 radical (unpaired) electrons. The second-order valence-corrected chi connectivity index (χ2v) is 8.44. The van der Waals surface area contributed by atoms with Crippen LogP contribution >= 0.6 is 0 Å². The molecule has 0 unspecified atom stereocenters. The normalized spacial score (nSPS) is 11.3. The first-order chi connectivity index (χ1) is 16.9. The van der Waals surface area contributed by atoms with Crippen molar-refractivity contribution in [1.82, 2.24) is 9.97 Å². The predicted molar refractivity (Wildman–Crippen MR) is 135 cm³/mol. The van der Waals surface area contributed by atoms with Crippen LogP contribution in [0.15, 0.2) is 54.7 Å². The summed E-state index contributed by atoms with van der Waals surface area (Å²) in [6, 6.07) is 14.6. The molecule has 2 N–H and O–H groups in total. The number of unbranched alkanes of at least 4 members (excludes halogenated alkanes) is 4. The van der Waals surface area contributed by atoms with Crippen molar-refractivity contribution in [2.75, 3.05) is 17.2 Å². The SMILES string of the molecule is CCCCCOc1cccc(Nc2nc(Nc3ccc(CCCCC)cc3)ncc2C(F)(F)F)c1. The van der Waals surface area contributed by atoms with Gasteiger partial charge in [-0.05, 0) is 49.1 Å². The van der Waals surface area contributed by atoms with Gasteiger partial charge in [-0.25, -0.2) is 4.98 Å². The Bertz CT molecular complexity index is 1060. The molecule has 8 heteroatoms. The number of anilines is 4. The van der Waals surface area contributed by atoms with E-state index in [0.717, 1.165) is 44.7 Å². The molecule has 0 saturated carbocycles. The van der Waals surface area contributed by atoms with E-state index in [1.54, 1.807) is 24.3 Å². The maximum absolute atomic E-state index is 13.6. The zero-order valence-electron chi connectivity index (χ0n) is 20.3. The first kappa shape index (κ1) is 26.3. The summed E-state index contributed by atoms with van der Waals surface area (Å²) < 4.78 is 46.6. The van der Waals surface area contributed by atoms with Crippen LogP contribution in [0.2, 0.25) is 0 Å². The molecule has 5 nitrogen and oxygen atoms in total. The highest BCUT2D eigenvalue weighted by Crippen LogP contribution is 2.35. The lowest BCUT2D eigenvalue weighted by Gasteiger charge is -2.15. The third-order valence-electron chi connectivity index (χ3n) is 5.49. The molecule has 1 heterocycles. The molecule has 0 aliphatic rings. The topological polar surface area (TPSA) is 59.1 Å². The summed E-state index contributed by atoms with van der Waals surface area (Å²) in [5, 5.41) is 5.79. The summed E-state index contributed by atoms with van der Waals surface area (Å²) in [7, 11) is 0. The fraction of sp³-hybridized carbons (Fsp3) is 0.407. The van der Waals surface area contributed by atoms with E-state index in [1.807, 2.05) is 24.3 Å². The minimum absolute atomic E-state index is 0.0752. The molecular weight excluding hydrogens is 453 g/mol. The van der Waals surface area contributed by atoms with Gasteiger partial charge in [-0.3, -0.25) is 0 Å². The van der Waals surface area contributed by atoms with Crippen LogP contribution in [0.5, 0.6) is 5.75 Å². The number of halogens is 3. The minimum Gasteiger partial charge on any atom is -0.494 e. The van der Waals surface area contributed by atoms with Crippen molar-refractivity contribution >= 4 is 23.1 Å². The molecule has 3 rings (SSSR count). The van der Waals surface area contributed by atoms with Gasteiger partial charge < -0.3 is 15.4 Å². The molecule has 0 fully saturated rings. The Morgan fingerprint density at radius 2 is 1.60 bits per heavy atom. The summed E-state index contributed by atoms with van der Waals surface area (Å²) >= 11 is 0. The van der Waals surface area contributed by atoms with E-state index in [9.17, 15) is 13.2 Å². The van der Waals surface area contributed by atoms with E-state index in [-0.39, 0.29) is 11.8 Å². The van der Waals surface area contributed by atoms with E-state index in [1.165, 1.54) is 12.0 Å². The van der Waals surface area contributed by atoms with Crippen LogP contribution in [0.25, 0.3) is 0 Å². The third kappa shape index (κ3) is 8.46. The fourth-order valence-corrected chi connectivity index (χ4v) is 3.55. The highest BCUT2D eigenvalue weighted by Gasteiger charge is 2.35. The van der Waals surface area contributed by atoms with E-state index < -0.39 is 11.7 Å². The van der Waals surface area contributed by atoms with Gasteiger partial charge in [0.25, 0.3) is 0 Å². The maximum atomic E-state index is 13.6. The zero-order valence-corrected chi connectivity index (χ0v) is 20.3. The largest absolute Gasteiger partial charge is 0.494 e. The van der Waals surface area contributed by atoms with Crippen LogP contribution in [0, 0.1) is 0 Å². The summed E-state index contributed by atoms with van der Waals surface area (Å²) in [4.78, 5) is 8.03. The van der Waals surface area contributed by atoms with Gasteiger partial charge in [0.15, 0.2) is 0 Å². The molecule has 2 aromatic carbocycles. The van der Waals surface area contributed by atoms with Gasteiger partial charge in [-0.2, -0.15) is 18.2 Å². The second-order valence-electron chi connectivity index (χ2n) is 8.44. The number of benzene rings is 2. The van der Waals surface area contributed by atoms with Crippen molar-refractivity contribution in [2.24, 2.45) is 0 Å². The lowest BCUT2D eigenvalue weighted by molar-refractivity contribution is -0.137. The molecule has 35 heavy (non-hydrogen) atoms. The lowest BCUT2D eigenvalue weighted by atomic mass is 10.1. The molecule has 0 spiro atoms. The number of nitrogens with one attached hydrogen (secondary N) is 2. The Labute approximate surface area is 205 Å². The van der Waals surface area contributed by atoms with Gasteiger partial charge in [0.2, 0.25) is 5.95 Å². The minimum atomic E-state index is -4.60. The average Bonchev–Trinajstić information content (AvgIpc) is 2.83. The Kier molecular flexibility index (Phi) is 9.76. The van der Waals surface area contributed by atoms with E-state index in [0.29, 0.717) is 23.7 Å². The molecule has 0 bridgehead atoms. The molecular formula is C27H33F3N4O. The Morgan fingerprint density at radius 3 is 2.31 bits per heavy atom. The maximum Gasteiger partial charge on any atom is 0.421 e. The van der Waals surface area contributed by atoms with Crippen molar-refractivity contribution in [3.63, 3.8) is 0 Å². The lowest BCUT2D eigenvalue weighted by Crippen LogP contribution is -2.12. The zero-order chi connectivity index (χ0) is 25.1. The molecule has 0 amide bonds. The van der Waals surface area contributed by atoms with E-state index in [2.05, 4.69) is 34.4 Å². The van der Waals surface area contributed by atoms with Crippen LogP contribution in [0.1, 0.15) is 63.5 Å². The van der Waals surface area contributed by atoms with Crippen LogP contribution in [-0.4, -0.2) is 16.6 Å². The molecule has 0 saturated heterocycles. The molecule has 0 atom stereocenters. The second kappa shape index (κ2) is 13.0. The number of rotatable bonds is 13. The number of nitrogens with zero attached hydrogens (tertiary/aromatic N) is 2. The van der Waals surface area contributed by atoms with Crippen molar-refractivity contribution < 1.29 is 17.9 Å². The van der Waals surface area contributed by atoms with E-state index >= 15 is 0 Å². The monoisotopic (exact) mass is 486 g/mol. The predicted octanol–water partition coefficient (Wildman–Crippen LogP) is 8.28. The van der Waals surface area contributed by atoms with Gasteiger partial charge >= 0.3 is 6.18 Å². The Balaban J connectivity index is 1.75. The first-order valence-corrected chi connectivity index (χ1v) is 12.2. The number of ether oxygens (including phenoxy) is 1. The van der Waals surface area contributed by atoms with Crippen molar-refractivity contribution in [1.29, 1.82) is 0 Å². The van der Waals surface area contributed by atoms with Gasteiger partial charge in [0.1, 0.15) is 17.1 Å². The number of hydrogen-bond acceptors (Lipinski definition) is 5. The number of aryl methyl sites for hydroxylation is 1. The molecule has 0 aliphatic heterocycles. The van der Waals surface area contributed by atoms with Gasteiger partial charge in [-0.15, -0.1) is 0 Å². The van der Waals surface area contributed by atoms with Crippen LogP contribution in [0.4, 0.5) is 36.3 Å². The number of hydrogen-bond donors (Lipinski definition) is 2. The van der Waals surface area contributed by atoms with Crippen LogP contribution in [0.3, 0.4) is 0 Å². The number of aromatic nitrogens is 2.